The van der Waals surface area contributed by atoms with Gasteiger partial charge in [0.15, 0.2) is 0 Å². The van der Waals surface area contributed by atoms with Crippen molar-refractivity contribution in [3.63, 3.8) is 0 Å². The Balaban J connectivity index is 0.00000160. The first-order chi connectivity index (χ1) is 12.3. The molecule has 6 aliphatic rings. The first-order valence-electron chi connectivity index (χ1n) is 10.6. The van der Waals surface area contributed by atoms with Crippen molar-refractivity contribution in [1.82, 2.24) is 4.90 Å². The lowest BCUT2D eigenvalue weighted by Crippen LogP contribution is -2.68. The number of hydrogen-bond acceptors (Lipinski definition) is 4. The summed E-state index contributed by atoms with van der Waals surface area (Å²) < 4.78 is 0. The van der Waals surface area contributed by atoms with Gasteiger partial charge in [0.2, 0.25) is 0 Å². The van der Waals surface area contributed by atoms with Crippen molar-refractivity contribution >= 4 is 18.2 Å². The zero-order valence-corrected chi connectivity index (χ0v) is 17.2. The first kappa shape index (κ1) is 18.6. The smallest absolute Gasteiger partial charge is 0.140 e. The number of Topliss-reactive ketones (excluding diaryl/α,β-unsaturated/α-hetero) is 1. The molecule has 0 aromatic carbocycles. The maximum absolute atomic E-state index is 13.0. The van der Waals surface area contributed by atoms with Crippen molar-refractivity contribution in [3.8, 4) is 0 Å². The second kappa shape index (κ2) is 5.19. The molecule has 1 saturated heterocycles. The molecule has 2 N–H and O–H groups in total. The SMILES string of the molecule is C=C1[C@H]2C[C@@]3(C(CC2=O)[C@@]24C5[C@@H]3CC2[C@@](C)(CC[C@@H]4O)CN5CC)[C@@H]1O.Cl. The monoisotopic (exact) mass is 393 g/mol. The molecule has 27 heavy (non-hydrogen) atoms. The molecule has 1 aliphatic heterocycles. The highest BCUT2D eigenvalue weighted by molar-refractivity contribution is 5.87. The van der Waals surface area contributed by atoms with E-state index in [1.807, 2.05) is 0 Å². The molecule has 4 nitrogen and oxygen atoms in total. The Bertz CT molecular complexity index is 741. The van der Waals surface area contributed by atoms with Crippen LogP contribution in [0.5, 0.6) is 0 Å². The van der Waals surface area contributed by atoms with E-state index in [0.717, 1.165) is 44.3 Å². The van der Waals surface area contributed by atoms with Crippen molar-refractivity contribution in [2.75, 3.05) is 13.1 Å². The van der Waals surface area contributed by atoms with Crippen LogP contribution in [-0.4, -0.2) is 52.2 Å². The number of halogens is 1. The van der Waals surface area contributed by atoms with Gasteiger partial charge >= 0.3 is 0 Å². The van der Waals surface area contributed by atoms with E-state index in [1.54, 1.807) is 0 Å². The van der Waals surface area contributed by atoms with Crippen LogP contribution >= 0.6 is 12.4 Å². The molecule has 6 fully saturated rings. The van der Waals surface area contributed by atoms with Gasteiger partial charge in [0.05, 0.1) is 12.2 Å². The quantitative estimate of drug-likeness (QED) is 0.672. The predicted molar refractivity (Wildman–Crippen MR) is 104 cm³/mol. The van der Waals surface area contributed by atoms with Crippen molar-refractivity contribution in [3.05, 3.63) is 12.2 Å². The third-order valence-corrected chi connectivity index (χ3v) is 10.4. The molecule has 0 aromatic heterocycles. The lowest BCUT2D eigenvalue weighted by atomic mass is 9.43. The summed E-state index contributed by atoms with van der Waals surface area (Å²) in [5, 5.41) is 22.8. The molecule has 0 amide bonds. The Morgan fingerprint density at radius 3 is 2.74 bits per heavy atom. The van der Waals surface area contributed by atoms with Crippen LogP contribution in [0.25, 0.3) is 0 Å². The molecule has 150 valence electrons. The molecule has 10 atom stereocenters. The van der Waals surface area contributed by atoms with Gasteiger partial charge in [0.25, 0.3) is 0 Å². The number of piperidine rings is 1. The summed E-state index contributed by atoms with van der Waals surface area (Å²) in [7, 11) is 0. The lowest BCUT2D eigenvalue weighted by molar-refractivity contribution is -0.211. The second-order valence-corrected chi connectivity index (χ2v) is 10.7. The molecule has 6 rings (SSSR count). The van der Waals surface area contributed by atoms with E-state index in [-0.39, 0.29) is 52.4 Å². The molecule has 5 aliphatic carbocycles. The van der Waals surface area contributed by atoms with Gasteiger partial charge < -0.3 is 10.2 Å². The average Bonchev–Trinajstić information content (AvgIpc) is 3.14. The highest BCUT2D eigenvalue weighted by Crippen LogP contribution is 2.83. The molecule has 0 aromatic rings. The van der Waals surface area contributed by atoms with Crippen LogP contribution in [0.3, 0.4) is 0 Å². The summed E-state index contributed by atoms with van der Waals surface area (Å²) in [4.78, 5) is 15.6. The standard InChI is InChI=1S/C22H31NO3.ClH/c1-4-23-10-20(3)6-5-17(25)22-15(20)7-13(18(22)23)21-9-12(11(2)19(21)26)14(24)8-16(21)22;/h12-13,15-19,25-26H,2,4-10H2,1,3H3;1H/t12-,13+,15?,16?,17+,18?,19-,20+,21-,22+;/m1./s1. The highest BCUT2D eigenvalue weighted by Gasteiger charge is 2.85. The Labute approximate surface area is 167 Å². The third-order valence-electron chi connectivity index (χ3n) is 10.4. The number of ketones is 1. The predicted octanol–water partition coefficient (Wildman–Crippen LogP) is 2.42. The average molecular weight is 394 g/mol. The maximum Gasteiger partial charge on any atom is 0.140 e. The number of hydrogen-bond donors (Lipinski definition) is 2. The number of rotatable bonds is 1. The largest absolute Gasteiger partial charge is 0.392 e. The Morgan fingerprint density at radius 1 is 1.30 bits per heavy atom. The molecule has 5 heteroatoms. The van der Waals surface area contributed by atoms with Crippen LogP contribution in [0.2, 0.25) is 0 Å². The van der Waals surface area contributed by atoms with Crippen molar-refractivity contribution in [1.29, 1.82) is 0 Å². The zero-order valence-electron chi connectivity index (χ0n) is 16.4. The topological polar surface area (TPSA) is 60.8 Å². The molecule has 3 unspecified atom stereocenters. The molecular weight excluding hydrogens is 362 g/mol. The van der Waals surface area contributed by atoms with Crippen molar-refractivity contribution in [2.45, 2.75) is 64.2 Å². The number of carbonyl (C=O) groups excluding carboxylic acids is 1. The van der Waals surface area contributed by atoms with Crippen LogP contribution < -0.4 is 0 Å². The van der Waals surface area contributed by atoms with Crippen LogP contribution in [0.1, 0.15) is 46.0 Å². The summed E-state index contributed by atoms with van der Waals surface area (Å²) in [6.07, 6.45) is 3.50. The van der Waals surface area contributed by atoms with Crippen LogP contribution in [0, 0.1) is 39.9 Å². The van der Waals surface area contributed by atoms with Crippen molar-refractivity contribution in [2.24, 2.45) is 39.9 Å². The minimum Gasteiger partial charge on any atom is -0.392 e. The Hall–Kier alpha value is -0.420. The van der Waals surface area contributed by atoms with E-state index in [1.165, 1.54) is 0 Å². The zero-order chi connectivity index (χ0) is 18.2. The highest BCUT2D eigenvalue weighted by atomic mass is 35.5. The number of aliphatic hydroxyl groups is 2. The van der Waals surface area contributed by atoms with Crippen LogP contribution in [0.15, 0.2) is 12.2 Å². The maximum atomic E-state index is 13.0. The van der Waals surface area contributed by atoms with E-state index in [2.05, 4.69) is 25.3 Å². The van der Waals surface area contributed by atoms with Crippen LogP contribution in [0.4, 0.5) is 0 Å². The Kier molecular flexibility index (Phi) is 3.57. The Morgan fingerprint density at radius 2 is 2.04 bits per heavy atom. The summed E-state index contributed by atoms with van der Waals surface area (Å²) in [6.45, 7) is 10.9. The lowest BCUT2D eigenvalue weighted by Gasteiger charge is -2.65. The third kappa shape index (κ3) is 1.62. The van der Waals surface area contributed by atoms with E-state index < -0.39 is 6.10 Å². The summed E-state index contributed by atoms with van der Waals surface area (Å²) >= 11 is 0. The van der Waals surface area contributed by atoms with Gasteiger partial charge in [-0.3, -0.25) is 9.69 Å². The van der Waals surface area contributed by atoms with Gasteiger partial charge in [-0.25, -0.2) is 0 Å². The number of aliphatic hydroxyl groups excluding tert-OH is 2. The van der Waals surface area contributed by atoms with E-state index in [0.29, 0.717) is 24.3 Å². The summed E-state index contributed by atoms with van der Waals surface area (Å²) in [6, 6.07) is 0.331. The minimum absolute atomic E-state index is 0. The molecule has 7 bridgehead atoms. The first-order valence-corrected chi connectivity index (χ1v) is 10.6. The van der Waals surface area contributed by atoms with E-state index in [4.69, 9.17) is 0 Å². The number of carbonyl (C=O) groups is 1. The fourth-order valence-corrected chi connectivity index (χ4v) is 9.75. The van der Waals surface area contributed by atoms with Gasteiger partial charge in [0, 0.05) is 35.8 Å². The van der Waals surface area contributed by atoms with E-state index in [9.17, 15) is 15.0 Å². The minimum atomic E-state index is -0.561. The second-order valence-electron chi connectivity index (χ2n) is 10.7. The molecular formula is C22H32ClNO3. The van der Waals surface area contributed by atoms with Gasteiger partial charge in [-0.2, -0.15) is 0 Å². The van der Waals surface area contributed by atoms with E-state index >= 15 is 0 Å². The van der Waals surface area contributed by atoms with Gasteiger partial charge in [-0.05, 0) is 61.0 Å². The van der Waals surface area contributed by atoms with Gasteiger partial charge in [-0.1, -0.05) is 20.4 Å². The molecule has 2 spiro atoms. The number of nitrogens with zero attached hydrogens (tertiary/aromatic N) is 1. The summed E-state index contributed by atoms with van der Waals surface area (Å²) in [5.41, 5.74) is 0.598. The summed E-state index contributed by atoms with van der Waals surface area (Å²) in [5.74, 6) is 1.16. The fourth-order valence-electron chi connectivity index (χ4n) is 9.75. The van der Waals surface area contributed by atoms with Crippen molar-refractivity contribution < 1.29 is 15.0 Å². The molecule has 0 radical (unpaired) electrons. The van der Waals surface area contributed by atoms with Gasteiger partial charge in [-0.15, -0.1) is 12.4 Å². The van der Waals surface area contributed by atoms with Crippen LogP contribution in [-0.2, 0) is 4.79 Å². The molecule has 1 heterocycles. The fraction of sp³-hybridized carbons (Fsp3) is 0.864. The normalized spacial score (nSPS) is 60.4. The van der Waals surface area contributed by atoms with Gasteiger partial charge in [0.1, 0.15) is 5.78 Å². The number of fused-ring (bicyclic) bond motifs is 1. The number of likely N-dealkylation sites (tertiary alicyclic amines) is 1. The molecule has 5 saturated carbocycles.